The van der Waals surface area contributed by atoms with Gasteiger partial charge in [0.15, 0.2) is 5.82 Å². The molecule has 0 atom stereocenters. The van der Waals surface area contributed by atoms with Crippen LogP contribution in [-0.4, -0.2) is 52.0 Å². The Balaban J connectivity index is 1.59. The zero-order valence-electron chi connectivity index (χ0n) is 15.4. The molecule has 1 amide bonds. The summed E-state index contributed by atoms with van der Waals surface area (Å²) in [5, 5.41) is 4.09. The minimum atomic E-state index is -0.143. The van der Waals surface area contributed by atoms with Gasteiger partial charge in [-0.05, 0) is 19.4 Å². The molecule has 2 aromatic heterocycles. The first-order chi connectivity index (χ1) is 11.8. The van der Waals surface area contributed by atoms with Crippen LogP contribution in [0.1, 0.15) is 55.0 Å². The van der Waals surface area contributed by atoms with E-state index in [1.54, 1.807) is 12.3 Å². The molecule has 0 saturated carbocycles. The van der Waals surface area contributed by atoms with E-state index in [1.165, 1.54) is 0 Å². The van der Waals surface area contributed by atoms with Gasteiger partial charge in [-0.1, -0.05) is 25.9 Å². The number of hydrogen-bond acceptors (Lipinski definition) is 6. The van der Waals surface area contributed by atoms with Crippen molar-refractivity contribution in [1.29, 1.82) is 0 Å². The van der Waals surface area contributed by atoms with Gasteiger partial charge >= 0.3 is 0 Å². The van der Waals surface area contributed by atoms with Gasteiger partial charge in [-0.25, -0.2) is 0 Å². The van der Waals surface area contributed by atoms with Crippen LogP contribution < -0.4 is 0 Å². The van der Waals surface area contributed by atoms with Crippen LogP contribution in [0.2, 0.25) is 0 Å². The second-order valence-corrected chi connectivity index (χ2v) is 7.58. The van der Waals surface area contributed by atoms with Gasteiger partial charge in [0.2, 0.25) is 5.89 Å². The fraction of sp³-hybridized carbons (Fsp3) is 0.611. The predicted octanol–water partition coefficient (Wildman–Crippen LogP) is 2.62. The van der Waals surface area contributed by atoms with Crippen molar-refractivity contribution < 1.29 is 13.7 Å². The Hall–Kier alpha value is -2.15. The highest BCUT2D eigenvalue weighted by Gasteiger charge is 2.25. The fourth-order valence-corrected chi connectivity index (χ4v) is 2.93. The molecule has 7 nitrogen and oxygen atoms in total. The maximum absolute atomic E-state index is 12.6. The molecular weight excluding hydrogens is 320 g/mol. The number of nitrogens with zero attached hydrogens (tertiary/aromatic N) is 4. The van der Waals surface area contributed by atoms with Gasteiger partial charge in [0.1, 0.15) is 5.76 Å². The molecule has 0 bridgehead atoms. The molecule has 7 heteroatoms. The first-order valence-corrected chi connectivity index (χ1v) is 8.73. The van der Waals surface area contributed by atoms with Crippen molar-refractivity contribution in [2.45, 2.75) is 46.1 Å². The third-order valence-corrected chi connectivity index (χ3v) is 4.44. The van der Waals surface area contributed by atoms with E-state index in [2.05, 4.69) is 35.8 Å². The monoisotopic (exact) mass is 346 g/mol. The second-order valence-electron chi connectivity index (χ2n) is 7.58. The lowest BCUT2D eigenvalue weighted by Crippen LogP contribution is -2.35. The summed E-state index contributed by atoms with van der Waals surface area (Å²) in [7, 11) is 0. The third kappa shape index (κ3) is 4.10. The van der Waals surface area contributed by atoms with E-state index in [1.807, 2.05) is 11.8 Å². The topological polar surface area (TPSA) is 75.6 Å². The van der Waals surface area contributed by atoms with Crippen LogP contribution in [0.3, 0.4) is 0 Å². The third-order valence-electron chi connectivity index (χ3n) is 4.44. The summed E-state index contributed by atoms with van der Waals surface area (Å²) in [5.41, 5.74) is 0.511. The number of furan rings is 1. The van der Waals surface area contributed by atoms with E-state index in [0.29, 0.717) is 36.1 Å². The van der Waals surface area contributed by atoms with Crippen molar-refractivity contribution >= 4 is 5.91 Å². The van der Waals surface area contributed by atoms with Crippen molar-refractivity contribution in [3.05, 3.63) is 35.4 Å². The lowest BCUT2D eigenvalue weighted by atomic mass is 9.97. The predicted molar refractivity (Wildman–Crippen MR) is 92.2 cm³/mol. The Bertz CT molecular complexity index is 729. The molecule has 2 aromatic rings. The summed E-state index contributed by atoms with van der Waals surface area (Å²) in [6.45, 7) is 11.8. The normalized spacial score (nSPS) is 16.9. The Morgan fingerprint density at radius 3 is 2.68 bits per heavy atom. The molecule has 0 spiro atoms. The van der Waals surface area contributed by atoms with Crippen LogP contribution >= 0.6 is 0 Å². The van der Waals surface area contributed by atoms with Gasteiger partial charge in [-0.2, -0.15) is 4.98 Å². The number of hydrogen-bond donors (Lipinski definition) is 0. The molecular formula is C18H26N4O3. The number of aromatic nitrogens is 2. The summed E-state index contributed by atoms with van der Waals surface area (Å²) in [6, 6.07) is 1.74. The second kappa shape index (κ2) is 7.00. The van der Waals surface area contributed by atoms with Crippen molar-refractivity contribution in [1.82, 2.24) is 19.9 Å². The van der Waals surface area contributed by atoms with Crippen molar-refractivity contribution in [2.75, 3.05) is 26.2 Å². The van der Waals surface area contributed by atoms with Gasteiger partial charge in [-0.15, -0.1) is 0 Å². The minimum absolute atomic E-state index is 0.0441. The Morgan fingerprint density at radius 1 is 1.24 bits per heavy atom. The van der Waals surface area contributed by atoms with Gasteiger partial charge in [0.05, 0.1) is 18.4 Å². The smallest absolute Gasteiger partial charge is 0.257 e. The summed E-state index contributed by atoms with van der Waals surface area (Å²) < 4.78 is 10.6. The molecule has 1 aliphatic heterocycles. The molecule has 1 saturated heterocycles. The van der Waals surface area contributed by atoms with Crippen LogP contribution in [-0.2, 0) is 12.0 Å². The lowest BCUT2D eigenvalue weighted by Gasteiger charge is -2.21. The molecule has 136 valence electrons. The first kappa shape index (κ1) is 17.7. The van der Waals surface area contributed by atoms with Crippen LogP contribution in [0.4, 0.5) is 0 Å². The number of aryl methyl sites for hydroxylation is 1. The Labute approximate surface area is 148 Å². The van der Waals surface area contributed by atoms with Crippen molar-refractivity contribution in [3.8, 4) is 0 Å². The highest BCUT2D eigenvalue weighted by molar-refractivity contribution is 5.95. The number of amides is 1. The molecule has 3 rings (SSSR count). The number of carbonyl (C=O) groups is 1. The van der Waals surface area contributed by atoms with E-state index in [9.17, 15) is 4.79 Å². The maximum Gasteiger partial charge on any atom is 0.257 e. The molecule has 25 heavy (non-hydrogen) atoms. The molecule has 0 N–H and O–H groups in total. The van der Waals surface area contributed by atoms with Crippen LogP contribution in [0, 0.1) is 6.92 Å². The van der Waals surface area contributed by atoms with Gasteiger partial charge in [0.25, 0.3) is 5.91 Å². The Morgan fingerprint density at radius 2 is 2.04 bits per heavy atom. The average molecular weight is 346 g/mol. The zero-order valence-corrected chi connectivity index (χ0v) is 15.4. The van der Waals surface area contributed by atoms with Crippen molar-refractivity contribution in [3.63, 3.8) is 0 Å². The number of rotatable bonds is 3. The minimum Gasteiger partial charge on any atom is -0.469 e. The molecule has 1 aliphatic rings. The van der Waals surface area contributed by atoms with Gasteiger partial charge in [0, 0.05) is 31.6 Å². The van der Waals surface area contributed by atoms with Crippen LogP contribution in [0.25, 0.3) is 0 Å². The van der Waals surface area contributed by atoms with Crippen LogP contribution in [0.15, 0.2) is 21.3 Å². The fourth-order valence-electron chi connectivity index (χ4n) is 2.93. The molecule has 0 unspecified atom stereocenters. The van der Waals surface area contributed by atoms with Crippen LogP contribution in [0.5, 0.6) is 0 Å². The SMILES string of the molecule is Cc1occc1C(=O)N1CCCN(Cc2noc(C(C)(C)C)n2)CC1. The van der Waals surface area contributed by atoms with E-state index in [-0.39, 0.29) is 11.3 Å². The average Bonchev–Trinajstić information content (AvgIpc) is 3.11. The zero-order chi connectivity index (χ0) is 18.0. The van der Waals surface area contributed by atoms with Gasteiger partial charge in [-0.3, -0.25) is 9.69 Å². The van der Waals surface area contributed by atoms with E-state index in [0.717, 1.165) is 26.1 Å². The summed E-state index contributed by atoms with van der Waals surface area (Å²) in [4.78, 5) is 21.3. The van der Waals surface area contributed by atoms with Gasteiger partial charge < -0.3 is 13.8 Å². The largest absolute Gasteiger partial charge is 0.469 e. The maximum atomic E-state index is 12.6. The quantitative estimate of drug-likeness (QED) is 0.850. The summed E-state index contributed by atoms with van der Waals surface area (Å²) >= 11 is 0. The summed E-state index contributed by atoms with van der Waals surface area (Å²) in [5.74, 6) is 2.08. The van der Waals surface area contributed by atoms with E-state index < -0.39 is 0 Å². The Kier molecular flexibility index (Phi) is 4.94. The number of carbonyl (C=O) groups excluding carboxylic acids is 1. The van der Waals surface area contributed by atoms with E-state index >= 15 is 0 Å². The lowest BCUT2D eigenvalue weighted by molar-refractivity contribution is 0.0759. The molecule has 0 radical (unpaired) electrons. The molecule has 1 fully saturated rings. The molecule has 0 aromatic carbocycles. The highest BCUT2D eigenvalue weighted by Crippen LogP contribution is 2.20. The standard InChI is InChI=1S/C18H26N4O3/c1-13-14(6-11-24-13)16(23)22-8-5-7-21(9-10-22)12-15-19-17(25-20-15)18(2,3)4/h6,11H,5,7-10,12H2,1-4H3. The molecule has 3 heterocycles. The van der Waals surface area contributed by atoms with E-state index in [4.69, 9.17) is 8.94 Å². The molecule has 0 aliphatic carbocycles. The summed E-state index contributed by atoms with van der Waals surface area (Å²) in [6.07, 6.45) is 2.49. The van der Waals surface area contributed by atoms with Crippen molar-refractivity contribution in [2.24, 2.45) is 0 Å². The first-order valence-electron chi connectivity index (χ1n) is 8.73. The highest BCUT2D eigenvalue weighted by atomic mass is 16.5.